The highest BCUT2D eigenvalue weighted by molar-refractivity contribution is 5.28. The highest BCUT2D eigenvalue weighted by Gasteiger charge is 2.21. The quantitative estimate of drug-likeness (QED) is 0.860. The average Bonchev–Trinajstić information content (AvgIpc) is 2.86. The number of methoxy groups -OCH3 is 1. The molecule has 6 heteroatoms. The van der Waals surface area contributed by atoms with Gasteiger partial charge >= 0.3 is 0 Å². The number of anilines is 1. The fourth-order valence-electron chi connectivity index (χ4n) is 2.18. The summed E-state index contributed by atoms with van der Waals surface area (Å²) in [6, 6.07) is 0. The van der Waals surface area contributed by atoms with Crippen molar-refractivity contribution in [1.29, 1.82) is 0 Å². The second-order valence-electron chi connectivity index (χ2n) is 4.48. The second-order valence-corrected chi connectivity index (χ2v) is 4.48. The summed E-state index contributed by atoms with van der Waals surface area (Å²) < 4.78 is 17.9. The van der Waals surface area contributed by atoms with Gasteiger partial charge in [0.1, 0.15) is 0 Å². The molecule has 18 heavy (non-hydrogen) atoms. The molecule has 1 atom stereocenters. The third-order valence-electron chi connectivity index (χ3n) is 3.27. The van der Waals surface area contributed by atoms with E-state index in [-0.39, 0.29) is 5.88 Å². The molecule has 0 aromatic carbocycles. The fraction of sp³-hybridized carbons (Fsp3) is 0.667. The summed E-state index contributed by atoms with van der Waals surface area (Å²) in [5, 5.41) is 3.14. The van der Waals surface area contributed by atoms with Crippen LogP contribution in [-0.2, 0) is 0 Å². The zero-order valence-electron chi connectivity index (χ0n) is 10.8. The molecule has 1 saturated heterocycles. The molecule has 1 aromatic rings. The van der Waals surface area contributed by atoms with Crippen LogP contribution >= 0.6 is 0 Å². The lowest BCUT2D eigenvalue weighted by Gasteiger charge is -2.13. The first kappa shape index (κ1) is 13.0. The number of rotatable bonds is 5. The van der Waals surface area contributed by atoms with E-state index in [1.54, 1.807) is 0 Å². The summed E-state index contributed by atoms with van der Waals surface area (Å²) in [5.41, 5.74) is 0. The van der Waals surface area contributed by atoms with Gasteiger partial charge in [-0.3, -0.25) is 0 Å². The maximum atomic E-state index is 13.1. The van der Waals surface area contributed by atoms with Gasteiger partial charge in [0.05, 0.1) is 13.3 Å². The minimum absolute atomic E-state index is 0.0193. The SMILES string of the molecule is CCN1CC[C@@H](CNc2ncc(F)c(OC)n2)C1. The second kappa shape index (κ2) is 5.95. The van der Waals surface area contributed by atoms with Crippen molar-refractivity contribution in [3.05, 3.63) is 12.0 Å². The lowest BCUT2D eigenvalue weighted by Crippen LogP contribution is -2.23. The van der Waals surface area contributed by atoms with Gasteiger partial charge in [-0.05, 0) is 25.4 Å². The van der Waals surface area contributed by atoms with Gasteiger partial charge in [-0.25, -0.2) is 4.98 Å². The minimum atomic E-state index is -0.541. The van der Waals surface area contributed by atoms with Gasteiger partial charge < -0.3 is 15.0 Å². The molecule has 0 aliphatic carbocycles. The van der Waals surface area contributed by atoms with E-state index < -0.39 is 5.82 Å². The smallest absolute Gasteiger partial charge is 0.255 e. The summed E-state index contributed by atoms with van der Waals surface area (Å²) in [6.07, 6.45) is 2.31. The Bertz CT molecular complexity index is 402. The number of aromatic nitrogens is 2. The standard InChI is InChI=1S/C12H19FN4O/c1-3-17-5-4-9(8-17)6-14-12-15-7-10(13)11(16-12)18-2/h7,9H,3-6,8H2,1-2H3,(H,14,15,16)/t9-/m0/s1. The number of nitrogens with zero attached hydrogens (tertiary/aromatic N) is 3. The zero-order valence-corrected chi connectivity index (χ0v) is 10.8. The van der Waals surface area contributed by atoms with E-state index >= 15 is 0 Å². The maximum absolute atomic E-state index is 13.1. The van der Waals surface area contributed by atoms with Crippen molar-refractivity contribution in [2.24, 2.45) is 5.92 Å². The Morgan fingerprint density at radius 3 is 3.11 bits per heavy atom. The molecule has 0 amide bonds. The lowest BCUT2D eigenvalue weighted by atomic mass is 10.1. The normalized spacial score (nSPS) is 20.1. The predicted molar refractivity (Wildman–Crippen MR) is 67.3 cm³/mol. The van der Waals surface area contributed by atoms with Gasteiger partial charge in [0.25, 0.3) is 5.88 Å². The van der Waals surface area contributed by atoms with Crippen molar-refractivity contribution < 1.29 is 9.13 Å². The molecule has 0 spiro atoms. The van der Waals surface area contributed by atoms with Crippen molar-refractivity contribution in [3.8, 4) is 5.88 Å². The summed E-state index contributed by atoms with van der Waals surface area (Å²) in [7, 11) is 1.39. The number of nitrogens with one attached hydrogen (secondary N) is 1. The van der Waals surface area contributed by atoms with E-state index in [1.807, 2.05) is 0 Å². The molecular weight excluding hydrogens is 235 g/mol. The fourth-order valence-corrected chi connectivity index (χ4v) is 2.18. The van der Waals surface area contributed by atoms with Crippen LogP contribution in [0.2, 0.25) is 0 Å². The lowest BCUT2D eigenvalue weighted by molar-refractivity contribution is 0.344. The molecule has 1 N–H and O–H groups in total. The molecule has 100 valence electrons. The van der Waals surface area contributed by atoms with Crippen LogP contribution in [0.5, 0.6) is 5.88 Å². The molecule has 2 rings (SSSR count). The van der Waals surface area contributed by atoms with Crippen LogP contribution in [0.1, 0.15) is 13.3 Å². The molecule has 0 unspecified atom stereocenters. The molecule has 1 fully saturated rings. The molecule has 2 heterocycles. The number of ether oxygens (including phenoxy) is 1. The van der Waals surface area contributed by atoms with E-state index in [1.165, 1.54) is 13.5 Å². The summed E-state index contributed by atoms with van der Waals surface area (Å²) >= 11 is 0. The van der Waals surface area contributed by atoms with Gasteiger partial charge in [-0.1, -0.05) is 6.92 Å². The van der Waals surface area contributed by atoms with E-state index in [0.717, 1.165) is 32.4 Å². The first-order valence-corrected chi connectivity index (χ1v) is 6.25. The first-order chi connectivity index (χ1) is 8.72. The van der Waals surface area contributed by atoms with E-state index in [4.69, 9.17) is 4.74 Å². The van der Waals surface area contributed by atoms with Gasteiger partial charge in [0, 0.05) is 13.1 Å². The third-order valence-corrected chi connectivity index (χ3v) is 3.27. The Morgan fingerprint density at radius 1 is 1.61 bits per heavy atom. The Kier molecular flexibility index (Phi) is 4.30. The summed E-state index contributed by atoms with van der Waals surface area (Å²) in [4.78, 5) is 10.3. The molecule has 1 aliphatic rings. The van der Waals surface area contributed by atoms with Crippen LogP contribution in [0.15, 0.2) is 6.20 Å². The highest BCUT2D eigenvalue weighted by Crippen LogP contribution is 2.17. The van der Waals surface area contributed by atoms with Crippen molar-refractivity contribution in [1.82, 2.24) is 14.9 Å². The van der Waals surface area contributed by atoms with E-state index in [9.17, 15) is 4.39 Å². The first-order valence-electron chi connectivity index (χ1n) is 6.25. The highest BCUT2D eigenvalue weighted by atomic mass is 19.1. The van der Waals surface area contributed by atoms with E-state index in [2.05, 4.69) is 27.1 Å². The minimum Gasteiger partial charge on any atom is -0.479 e. The zero-order chi connectivity index (χ0) is 13.0. The summed E-state index contributed by atoms with van der Waals surface area (Å²) in [6.45, 7) is 6.32. The van der Waals surface area contributed by atoms with Crippen molar-refractivity contribution in [3.63, 3.8) is 0 Å². The number of hydrogen-bond acceptors (Lipinski definition) is 5. The van der Waals surface area contributed by atoms with Crippen molar-refractivity contribution in [2.75, 3.05) is 38.6 Å². The van der Waals surface area contributed by atoms with Gasteiger partial charge in [0.15, 0.2) is 0 Å². The Hall–Kier alpha value is -1.43. The molecule has 0 bridgehead atoms. The van der Waals surface area contributed by atoms with Crippen molar-refractivity contribution in [2.45, 2.75) is 13.3 Å². The largest absolute Gasteiger partial charge is 0.479 e. The summed E-state index contributed by atoms with van der Waals surface area (Å²) in [5.74, 6) is 0.461. The van der Waals surface area contributed by atoms with E-state index in [0.29, 0.717) is 11.9 Å². The Balaban J connectivity index is 1.87. The Labute approximate surface area is 106 Å². The van der Waals surface area contributed by atoms with Crippen LogP contribution < -0.4 is 10.1 Å². The maximum Gasteiger partial charge on any atom is 0.255 e. The van der Waals surface area contributed by atoms with Crippen molar-refractivity contribution >= 4 is 5.95 Å². The van der Waals surface area contributed by atoms with Crippen LogP contribution in [0.3, 0.4) is 0 Å². The molecule has 0 saturated carbocycles. The molecule has 5 nitrogen and oxygen atoms in total. The van der Waals surface area contributed by atoms with Crippen LogP contribution in [0.25, 0.3) is 0 Å². The van der Waals surface area contributed by atoms with Crippen LogP contribution in [-0.4, -0.2) is 48.2 Å². The van der Waals surface area contributed by atoms with Crippen LogP contribution in [0, 0.1) is 11.7 Å². The monoisotopic (exact) mass is 254 g/mol. The number of hydrogen-bond donors (Lipinski definition) is 1. The molecule has 1 aromatic heterocycles. The van der Waals surface area contributed by atoms with Gasteiger partial charge in [-0.2, -0.15) is 9.37 Å². The predicted octanol–water partition coefficient (Wildman–Crippen LogP) is 1.38. The third kappa shape index (κ3) is 3.07. The molecule has 0 radical (unpaired) electrons. The number of halogens is 1. The topological polar surface area (TPSA) is 50.3 Å². The van der Waals surface area contributed by atoms with Gasteiger partial charge in [0.2, 0.25) is 11.8 Å². The van der Waals surface area contributed by atoms with Crippen LogP contribution in [0.4, 0.5) is 10.3 Å². The molecular formula is C12H19FN4O. The van der Waals surface area contributed by atoms with Gasteiger partial charge in [-0.15, -0.1) is 0 Å². The average molecular weight is 254 g/mol. The molecule has 1 aliphatic heterocycles. The number of likely N-dealkylation sites (tertiary alicyclic amines) is 1. The Morgan fingerprint density at radius 2 is 2.44 bits per heavy atom.